The van der Waals surface area contributed by atoms with Crippen molar-refractivity contribution in [1.82, 2.24) is 9.88 Å². The number of benzene rings is 5. The minimum atomic E-state index is -0.588. The Labute approximate surface area is 248 Å². The number of likely N-dealkylation sites (N-methyl/N-ethyl adjacent to an activating group) is 1. The largest absolute Gasteiger partial charge is 0.344 e. The molecule has 1 unspecified atom stereocenters. The highest BCUT2D eigenvalue weighted by Crippen LogP contribution is 2.38. The molecule has 0 amide bonds. The van der Waals surface area contributed by atoms with Gasteiger partial charge in [0.2, 0.25) is 0 Å². The molecule has 4 nitrogen and oxygen atoms in total. The fourth-order valence-corrected chi connectivity index (χ4v) is 6.04. The summed E-state index contributed by atoms with van der Waals surface area (Å²) >= 11 is 0. The van der Waals surface area contributed by atoms with Crippen molar-refractivity contribution in [2.24, 2.45) is 5.73 Å². The van der Waals surface area contributed by atoms with Crippen molar-refractivity contribution in [3.8, 4) is 11.1 Å². The van der Waals surface area contributed by atoms with Crippen LogP contribution in [-0.2, 0) is 12.1 Å². The van der Waals surface area contributed by atoms with Gasteiger partial charge >= 0.3 is 0 Å². The van der Waals surface area contributed by atoms with Crippen LogP contribution in [0.1, 0.15) is 12.5 Å². The molecule has 1 heterocycles. The van der Waals surface area contributed by atoms with E-state index in [1.807, 2.05) is 13.1 Å². The first-order chi connectivity index (χ1) is 20.5. The Balaban J connectivity index is 1.47. The van der Waals surface area contributed by atoms with Crippen molar-refractivity contribution in [2.75, 3.05) is 25.5 Å². The van der Waals surface area contributed by atoms with Gasteiger partial charge in [0.1, 0.15) is 0 Å². The molecule has 0 fully saturated rings. The number of hydrogen-bond donors (Lipinski definition) is 2. The van der Waals surface area contributed by atoms with Crippen LogP contribution in [0.2, 0.25) is 0 Å². The fraction of sp³-hybridized carbons (Fsp3) is 0.158. The number of nitrogens with one attached hydrogen (secondary N) is 1. The van der Waals surface area contributed by atoms with Gasteiger partial charge in [-0.1, -0.05) is 103 Å². The second kappa shape index (κ2) is 11.7. The van der Waals surface area contributed by atoms with Crippen LogP contribution in [0.5, 0.6) is 0 Å². The smallest absolute Gasteiger partial charge is 0.0609 e. The summed E-state index contributed by atoms with van der Waals surface area (Å²) in [5.74, 6) is 0. The zero-order chi connectivity index (χ0) is 29.1. The number of nitrogens with two attached hydrogens (primary N) is 1. The van der Waals surface area contributed by atoms with Crippen molar-refractivity contribution in [3.63, 3.8) is 0 Å². The maximum Gasteiger partial charge on any atom is 0.0609 e. The molecule has 0 aliphatic carbocycles. The third kappa shape index (κ3) is 5.11. The van der Waals surface area contributed by atoms with Crippen molar-refractivity contribution in [2.45, 2.75) is 19.0 Å². The number of hydrogen-bond acceptors (Lipinski definition) is 3. The van der Waals surface area contributed by atoms with Crippen molar-refractivity contribution in [1.29, 1.82) is 0 Å². The molecule has 4 heteroatoms. The molecule has 210 valence electrons. The van der Waals surface area contributed by atoms with Gasteiger partial charge in [-0.25, -0.2) is 0 Å². The molecule has 6 aromatic rings. The average Bonchev–Trinajstić information content (AvgIpc) is 3.36. The summed E-state index contributed by atoms with van der Waals surface area (Å²) in [5.41, 5.74) is 15.8. The molecule has 0 saturated carbocycles. The Hall–Kier alpha value is -4.64. The molecule has 0 spiro atoms. The lowest BCUT2D eigenvalue weighted by molar-refractivity contribution is 0.557. The summed E-state index contributed by atoms with van der Waals surface area (Å²) in [6.45, 7) is 3.54. The van der Waals surface area contributed by atoms with E-state index in [0.717, 1.165) is 23.4 Å². The van der Waals surface area contributed by atoms with E-state index in [0.29, 0.717) is 6.54 Å². The molecule has 5 aromatic carbocycles. The lowest BCUT2D eigenvalue weighted by Gasteiger charge is -2.29. The van der Waals surface area contributed by atoms with Crippen molar-refractivity contribution < 1.29 is 0 Å². The standard InChI is InChI=1S/C38H38N4/c1-38(39,29-14-6-4-7-15-29)30(27-40-2)24-25-42-36-21-13-11-19-33(36)34-23-22-28(26-37(34)42)32-18-10-12-20-35(32)41(3)31-16-8-5-9-17-31/h4-24,26,40H,25,27,39H2,1-3H3/b30-24+. The molecule has 3 N–H and O–H groups in total. The highest BCUT2D eigenvalue weighted by atomic mass is 15.1. The van der Waals surface area contributed by atoms with E-state index in [-0.39, 0.29) is 0 Å². The predicted octanol–water partition coefficient (Wildman–Crippen LogP) is 8.25. The third-order valence-corrected chi connectivity index (χ3v) is 8.42. The Bertz CT molecular complexity index is 1850. The maximum absolute atomic E-state index is 7.00. The number of para-hydroxylation sites is 3. The zero-order valence-corrected chi connectivity index (χ0v) is 24.6. The molecule has 6 rings (SSSR count). The lowest BCUT2D eigenvalue weighted by Crippen LogP contribution is -2.39. The molecule has 0 saturated heterocycles. The highest BCUT2D eigenvalue weighted by Gasteiger charge is 2.25. The second-order valence-electron chi connectivity index (χ2n) is 11.1. The first-order valence-corrected chi connectivity index (χ1v) is 14.6. The van der Waals surface area contributed by atoms with Gasteiger partial charge in [0.15, 0.2) is 0 Å². The van der Waals surface area contributed by atoms with Gasteiger partial charge in [0.25, 0.3) is 0 Å². The molecule has 1 aromatic heterocycles. The Morgan fingerprint density at radius 3 is 2.19 bits per heavy atom. The fourth-order valence-electron chi connectivity index (χ4n) is 6.04. The van der Waals surface area contributed by atoms with Crippen molar-refractivity contribution >= 4 is 33.2 Å². The van der Waals surface area contributed by atoms with Crippen LogP contribution in [-0.4, -0.2) is 25.2 Å². The summed E-state index contributed by atoms with van der Waals surface area (Å²) in [7, 11) is 4.11. The lowest BCUT2D eigenvalue weighted by atomic mass is 9.85. The SMILES string of the molecule is CNC/C(=C\Cn1c2ccccc2c2ccc(-c3ccccc3N(C)c3ccccc3)cc21)C(C)(N)c1ccccc1. The number of nitrogens with zero attached hydrogens (tertiary/aromatic N) is 2. The average molecular weight is 551 g/mol. The number of aromatic nitrogens is 1. The Morgan fingerprint density at radius 1 is 0.786 bits per heavy atom. The summed E-state index contributed by atoms with van der Waals surface area (Å²) < 4.78 is 2.43. The topological polar surface area (TPSA) is 46.2 Å². The number of rotatable bonds is 9. The Kier molecular flexibility index (Phi) is 7.66. The van der Waals surface area contributed by atoms with Crippen LogP contribution >= 0.6 is 0 Å². The van der Waals surface area contributed by atoms with E-state index in [1.165, 1.54) is 38.6 Å². The van der Waals surface area contributed by atoms with E-state index in [9.17, 15) is 0 Å². The predicted molar refractivity (Wildman–Crippen MR) is 179 cm³/mol. The van der Waals surface area contributed by atoms with Gasteiger partial charge in [0.05, 0.1) is 11.1 Å². The molecule has 0 bridgehead atoms. The van der Waals surface area contributed by atoms with Gasteiger partial charge in [0, 0.05) is 53.4 Å². The summed E-state index contributed by atoms with van der Waals surface area (Å²) in [4.78, 5) is 2.26. The van der Waals surface area contributed by atoms with E-state index >= 15 is 0 Å². The highest BCUT2D eigenvalue weighted by molar-refractivity contribution is 6.09. The minimum absolute atomic E-state index is 0.588. The molecule has 42 heavy (non-hydrogen) atoms. The molecular formula is C38H38N4. The number of allylic oxidation sites excluding steroid dienone is 1. The first kappa shape index (κ1) is 27.5. The normalized spacial score (nSPS) is 13.4. The monoisotopic (exact) mass is 550 g/mol. The number of anilines is 2. The van der Waals surface area contributed by atoms with Crippen LogP contribution in [0.25, 0.3) is 32.9 Å². The van der Waals surface area contributed by atoms with Crippen LogP contribution in [0.3, 0.4) is 0 Å². The molecule has 0 aliphatic rings. The zero-order valence-electron chi connectivity index (χ0n) is 24.6. The summed E-state index contributed by atoms with van der Waals surface area (Å²) in [6, 6.07) is 45.1. The van der Waals surface area contributed by atoms with Crippen LogP contribution < -0.4 is 16.0 Å². The first-order valence-electron chi connectivity index (χ1n) is 14.6. The quantitative estimate of drug-likeness (QED) is 0.178. The Morgan fingerprint density at radius 2 is 1.43 bits per heavy atom. The van der Waals surface area contributed by atoms with E-state index in [1.54, 1.807) is 0 Å². The maximum atomic E-state index is 7.00. The van der Waals surface area contributed by atoms with Gasteiger partial charge in [-0.05, 0) is 61.0 Å². The van der Waals surface area contributed by atoms with Crippen LogP contribution in [0, 0.1) is 0 Å². The molecule has 0 aliphatic heterocycles. The van der Waals surface area contributed by atoms with Gasteiger partial charge in [-0.2, -0.15) is 0 Å². The third-order valence-electron chi connectivity index (χ3n) is 8.42. The van der Waals surface area contributed by atoms with E-state index in [2.05, 4.69) is 156 Å². The molecular weight excluding hydrogens is 512 g/mol. The molecule has 0 radical (unpaired) electrons. The second-order valence-corrected chi connectivity index (χ2v) is 11.1. The summed E-state index contributed by atoms with van der Waals surface area (Å²) in [5, 5.41) is 5.86. The molecule has 1 atom stereocenters. The van der Waals surface area contributed by atoms with E-state index < -0.39 is 5.54 Å². The van der Waals surface area contributed by atoms with Crippen LogP contribution in [0.15, 0.2) is 139 Å². The van der Waals surface area contributed by atoms with E-state index in [4.69, 9.17) is 5.73 Å². The minimum Gasteiger partial charge on any atom is -0.344 e. The van der Waals surface area contributed by atoms with Crippen molar-refractivity contribution in [3.05, 3.63) is 145 Å². The van der Waals surface area contributed by atoms with Gasteiger partial charge in [-0.15, -0.1) is 0 Å². The van der Waals surface area contributed by atoms with Crippen LogP contribution in [0.4, 0.5) is 11.4 Å². The number of fused-ring (bicyclic) bond motifs is 3. The van der Waals surface area contributed by atoms with Gasteiger partial charge in [-0.3, -0.25) is 0 Å². The van der Waals surface area contributed by atoms with Gasteiger partial charge < -0.3 is 20.5 Å². The summed E-state index contributed by atoms with van der Waals surface area (Å²) in [6.07, 6.45) is 2.30.